The molecule has 1 aromatic carbocycles. The zero-order valence-corrected chi connectivity index (χ0v) is 15.4. The van der Waals surface area contributed by atoms with Crippen molar-refractivity contribution in [1.29, 1.82) is 0 Å². The molecule has 2 heterocycles. The van der Waals surface area contributed by atoms with Crippen molar-refractivity contribution < 1.29 is 17.6 Å². The highest BCUT2D eigenvalue weighted by molar-refractivity contribution is 7.89. The molecule has 0 aliphatic rings. The van der Waals surface area contributed by atoms with Crippen molar-refractivity contribution in [2.75, 3.05) is 0 Å². The second-order valence-electron chi connectivity index (χ2n) is 5.47. The third kappa shape index (κ3) is 4.13. The van der Waals surface area contributed by atoms with Gasteiger partial charge in [-0.25, -0.2) is 22.8 Å². The molecular weight excluding hydrogens is 397 g/mol. The number of halogens is 2. The predicted molar refractivity (Wildman–Crippen MR) is 95.6 cm³/mol. The van der Waals surface area contributed by atoms with Crippen molar-refractivity contribution in [3.63, 3.8) is 0 Å². The van der Waals surface area contributed by atoms with Gasteiger partial charge in [0.25, 0.3) is 15.9 Å². The Morgan fingerprint density at radius 2 is 2.04 bits per heavy atom. The zero-order valence-electron chi connectivity index (χ0n) is 13.8. The monoisotopic (exact) mass is 409 g/mol. The van der Waals surface area contributed by atoms with E-state index in [4.69, 9.17) is 11.6 Å². The molecule has 2 N–H and O–H groups in total. The van der Waals surface area contributed by atoms with Gasteiger partial charge in [0, 0.05) is 25.0 Å². The maximum absolute atomic E-state index is 14.3. The average molecular weight is 410 g/mol. The van der Waals surface area contributed by atoms with Crippen LogP contribution in [0, 0.1) is 5.82 Å². The Kier molecular flexibility index (Phi) is 5.22. The van der Waals surface area contributed by atoms with Crippen molar-refractivity contribution in [3.8, 4) is 11.3 Å². The summed E-state index contributed by atoms with van der Waals surface area (Å²) >= 11 is 5.87. The van der Waals surface area contributed by atoms with E-state index < -0.39 is 27.3 Å². The van der Waals surface area contributed by atoms with E-state index in [0.29, 0.717) is 11.3 Å². The number of carbonyl (C=O) groups excluding carboxylic acids is 1. The summed E-state index contributed by atoms with van der Waals surface area (Å²) in [6.45, 7) is 0. The van der Waals surface area contributed by atoms with Crippen LogP contribution in [0.2, 0.25) is 5.02 Å². The number of imidazole rings is 1. The molecule has 3 rings (SSSR count). The van der Waals surface area contributed by atoms with E-state index in [1.54, 1.807) is 17.8 Å². The molecule has 0 radical (unpaired) electrons. The van der Waals surface area contributed by atoms with Crippen LogP contribution in [0.5, 0.6) is 0 Å². The number of pyridine rings is 1. The highest BCUT2D eigenvalue weighted by atomic mass is 35.5. The SMILES string of the molecule is Cn1cnc(-c2cc(Cl)c(F)c(C(=O)NNS(=O)(=O)c3ccccn3)c2)c1. The summed E-state index contributed by atoms with van der Waals surface area (Å²) in [6, 6.07) is 6.81. The van der Waals surface area contributed by atoms with Crippen LogP contribution in [0.3, 0.4) is 0 Å². The molecule has 2 aromatic heterocycles. The first-order valence-corrected chi connectivity index (χ1v) is 9.34. The Morgan fingerprint density at radius 1 is 1.26 bits per heavy atom. The maximum Gasteiger partial charge on any atom is 0.274 e. The van der Waals surface area contributed by atoms with Crippen LogP contribution in [0.1, 0.15) is 10.4 Å². The molecule has 0 unspecified atom stereocenters. The minimum atomic E-state index is -4.11. The summed E-state index contributed by atoms with van der Waals surface area (Å²) in [5.41, 5.74) is 2.39. The molecule has 0 aliphatic carbocycles. The number of aryl methyl sites for hydroxylation is 1. The highest BCUT2D eigenvalue weighted by Crippen LogP contribution is 2.27. The molecule has 0 atom stereocenters. The summed E-state index contributed by atoms with van der Waals surface area (Å²) in [7, 11) is -2.36. The first kappa shape index (κ1) is 19.0. The minimum Gasteiger partial charge on any atom is -0.340 e. The van der Waals surface area contributed by atoms with Gasteiger partial charge in [0.2, 0.25) is 0 Å². The van der Waals surface area contributed by atoms with Crippen molar-refractivity contribution in [2.24, 2.45) is 7.05 Å². The molecule has 0 saturated carbocycles. The molecule has 0 aliphatic heterocycles. The topological polar surface area (TPSA) is 106 Å². The first-order valence-electron chi connectivity index (χ1n) is 7.48. The second-order valence-corrected chi connectivity index (χ2v) is 7.51. The fourth-order valence-corrected chi connectivity index (χ4v) is 3.21. The summed E-state index contributed by atoms with van der Waals surface area (Å²) in [6.07, 6.45) is 4.48. The van der Waals surface area contributed by atoms with Gasteiger partial charge in [-0.3, -0.25) is 10.2 Å². The van der Waals surface area contributed by atoms with Crippen molar-refractivity contribution >= 4 is 27.5 Å². The van der Waals surface area contributed by atoms with E-state index in [0.717, 1.165) is 0 Å². The van der Waals surface area contributed by atoms with Crippen LogP contribution in [0.25, 0.3) is 11.3 Å². The van der Waals surface area contributed by atoms with Gasteiger partial charge >= 0.3 is 0 Å². The summed E-state index contributed by atoms with van der Waals surface area (Å²) in [4.78, 5) is 22.0. The van der Waals surface area contributed by atoms with Crippen molar-refractivity contribution in [2.45, 2.75) is 5.03 Å². The number of carbonyl (C=O) groups is 1. The zero-order chi connectivity index (χ0) is 19.6. The molecule has 0 saturated heterocycles. The Balaban J connectivity index is 1.85. The number of nitrogens with one attached hydrogen (secondary N) is 2. The van der Waals surface area contributed by atoms with Crippen molar-refractivity contribution in [1.82, 2.24) is 24.8 Å². The molecule has 1 amide bonds. The fraction of sp³-hybridized carbons (Fsp3) is 0.0625. The smallest absolute Gasteiger partial charge is 0.274 e. The fourth-order valence-electron chi connectivity index (χ4n) is 2.20. The number of hydrogen-bond donors (Lipinski definition) is 2. The number of sulfonamides is 1. The average Bonchev–Trinajstić information content (AvgIpc) is 3.09. The number of hydrogen-bond acceptors (Lipinski definition) is 5. The quantitative estimate of drug-likeness (QED) is 0.626. The lowest BCUT2D eigenvalue weighted by atomic mass is 10.1. The van der Waals surface area contributed by atoms with Gasteiger partial charge in [-0.2, -0.15) is 0 Å². The third-order valence-corrected chi connectivity index (χ3v) is 4.92. The normalized spacial score (nSPS) is 11.4. The molecule has 8 nitrogen and oxygen atoms in total. The second kappa shape index (κ2) is 7.43. The molecule has 0 spiro atoms. The lowest BCUT2D eigenvalue weighted by Gasteiger charge is -2.10. The van der Waals surface area contributed by atoms with Gasteiger partial charge in [0.05, 0.1) is 22.6 Å². The van der Waals surface area contributed by atoms with E-state index >= 15 is 0 Å². The number of rotatable bonds is 5. The molecule has 0 fully saturated rings. The Hall–Kier alpha value is -2.82. The molecule has 0 bridgehead atoms. The Morgan fingerprint density at radius 3 is 2.67 bits per heavy atom. The first-order chi connectivity index (χ1) is 12.8. The van der Waals surface area contributed by atoms with Gasteiger partial charge in [-0.15, -0.1) is 4.83 Å². The Bertz CT molecular complexity index is 1100. The molecular formula is C16H13ClFN5O3S. The lowest BCUT2D eigenvalue weighted by Crippen LogP contribution is -2.42. The van der Waals surface area contributed by atoms with Crippen LogP contribution in [-0.2, 0) is 17.1 Å². The van der Waals surface area contributed by atoms with Gasteiger partial charge < -0.3 is 4.57 Å². The van der Waals surface area contributed by atoms with Gasteiger partial charge in [-0.1, -0.05) is 17.7 Å². The van der Waals surface area contributed by atoms with E-state index in [1.807, 2.05) is 10.3 Å². The van der Waals surface area contributed by atoms with Crippen LogP contribution >= 0.6 is 11.6 Å². The van der Waals surface area contributed by atoms with Crippen LogP contribution in [-0.4, -0.2) is 28.9 Å². The largest absolute Gasteiger partial charge is 0.340 e. The van der Waals surface area contributed by atoms with E-state index in [9.17, 15) is 17.6 Å². The predicted octanol–water partition coefficient (Wildman–Crippen LogP) is 1.90. The summed E-state index contributed by atoms with van der Waals surface area (Å²) in [5, 5.41) is -0.595. The summed E-state index contributed by atoms with van der Waals surface area (Å²) in [5.74, 6) is -2.00. The standard InChI is InChI=1S/C16H13ClFN5O3S/c1-23-8-13(20-9-23)10-6-11(15(18)12(17)7-10)16(24)21-22-27(25,26)14-4-2-3-5-19-14/h2-9,22H,1H3,(H,21,24). The van der Waals surface area contributed by atoms with Gasteiger partial charge in [0.1, 0.15) is 0 Å². The maximum atomic E-state index is 14.3. The van der Waals surface area contributed by atoms with E-state index in [1.165, 1.54) is 42.9 Å². The van der Waals surface area contributed by atoms with Crippen molar-refractivity contribution in [3.05, 3.63) is 65.5 Å². The molecule has 27 heavy (non-hydrogen) atoms. The highest BCUT2D eigenvalue weighted by Gasteiger charge is 2.21. The number of hydrazine groups is 1. The lowest BCUT2D eigenvalue weighted by molar-refractivity contribution is 0.0941. The van der Waals surface area contributed by atoms with Crippen LogP contribution in [0.4, 0.5) is 4.39 Å². The minimum absolute atomic E-state index is 0.295. The number of aromatic nitrogens is 3. The molecule has 11 heteroatoms. The van der Waals surface area contributed by atoms with Crippen LogP contribution in [0.15, 0.2) is 54.1 Å². The van der Waals surface area contributed by atoms with Crippen LogP contribution < -0.4 is 10.3 Å². The summed E-state index contributed by atoms with van der Waals surface area (Å²) < 4.78 is 40.1. The number of amides is 1. The third-order valence-electron chi connectivity index (χ3n) is 3.49. The molecule has 3 aromatic rings. The van der Waals surface area contributed by atoms with E-state index in [2.05, 4.69) is 9.97 Å². The van der Waals surface area contributed by atoms with Gasteiger partial charge in [0.15, 0.2) is 10.8 Å². The Labute approximate surface area is 159 Å². The molecule has 140 valence electrons. The van der Waals surface area contributed by atoms with E-state index in [-0.39, 0.29) is 10.0 Å². The number of benzene rings is 1. The van der Waals surface area contributed by atoms with Gasteiger partial charge in [-0.05, 0) is 24.3 Å². The number of nitrogens with zero attached hydrogens (tertiary/aromatic N) is 3.